The minimum absolute atomic E-state index is 0.124. The number of benzene rings is 2. The van der Waals surface area contributed by atoms with Crippen LogP contribution in [0.3, 0.4) is 0 Å². The van der Waals surface area contributed by atoms with Crippen molar-refractivity contribution in [3.8, 4) is 5.75 Å². The fourth-order valence-corrected chi connectivity index (χ4v) is 3.12. The van der Waals surface area contributed by atoms with Gasteiger partial charge in [-0.2, -0.15) is 0 Å². The summed E-state index contributed by atoms with van der Waals surface area (Å²) in [6.45, 7) is 2.38. The molecule has 0 radical (unpaired) electrons. The number of thioether (sulfide) groups is 1. The number of carbonyl (C=O) groups excluding carboxylic acids is 2. The zero-order chi connectivity index (χ0) is 18.9. The van der Waals surface area contributed by atoms with Gasteiger partial charge in [-0.05, 0) is 37.3 Å². The molecule has 0 heterocycles. The lowest BCUT2D eigenvalue weighted by Crippen LogP contribution is -2.19. The van der Waals surface area contributed by atoms with E-state index in [0.29, 0.717) is 33.8 Å². The molecule has 5 nitrogen and oxygen atoms in total. The van der Waals surface area contributed by atoms with Crippen LogP contribution >= 0.6 is 35.0 Å². The van der Waals surface area contributed by atoms with Crippen LogP contribution in [0, 0.1) is 0 Å². The third-order valence-electron chi connectivity index (χ3n) is 3.13. The van der Waals surface area contributed by atoms with Gasteiger partial charge in [0, 0.05) is 5.02 Å². The fourth-order valence-electron chi connectivity index (χ4n) is 2.05. The Balaban J connectivity index is 1.78. The molecule has 0 aliphatic rings. The number of amides is 2. The molecule has 2 N–H and O–H groups in total. The van der Waals surface area contributed by atoms with Crippen LogP contribution in [0.5, 0.6) is 5.75 Å². The van der Waals surface area contributed by atoms with Gasteiger partial charge >= 0.3 is 0 Å². The lowest BCUT2D eigenvalue weighted by atomic mass is 10.3. The molecule has 26 heavy (non-hydrogen) atoms. The second-order valence-corrected chi connectivity index (χ2v) is 6.97. The Kier molecular flexibility index (Phi) is 8.09. The van der Waals surface area contributed by atoms with Crippen molar-refractivity contribution in [1.29, 1.82) is 0 Å². The first kappa shape index (κ1) is 20.4. The van der Waals surface area contributed by atoms with Gasteiger partial charge in [-0.3, -0.25) is 9.59 Å². The van der Waals surface area contributed by atoms with Crippen molar-refractivity contribution < 1.29 is 14.3 Å². The number of anilines is 2. The summed E-state index contributed by atoms with van der Waals surface area (Å²) in [7, 11) is 0. The number of nitrogens with one attached hydrogen (secondary N) is 2. The largest absolute Gasteiger partial charge is 0.492 e. The summed E-state index contributed by atoms with van der Waals surface area (Å²) < 4.78 is 5.46. The average Bonchev–Trinajstić information content (AvgIpc) is 2.59. The molecule has 138 valence electrons. The topological polar surface area (TPSA) is 67.4 Å². The van der Waals surface area contributed by atoms with Crippen LogP contribution in [-0.4, -0.2) is 29.9 Å². The zero-order valence-electron chi connectivity index (χ0n) is 14.1. The van der Waals surface area contributed by atoms with E-state index in [4.69, 9.17) is 27.9 Å². The van der Waals surface area contributed by atoms with Crippen LogP contribution in [0.4, 0.5) is 11.4 Å². The Morgan fingerprint density at radius 3 is 2.31 bits per heavy atom. The summed E-state index contributed by atoms with van der Waals surface area (Å²) in [5.41, 5.74) is 1.09. The summed E-state index contributed by atoms with van der Waals surface area (Å²) in [5.74, 6) is 0.423. The smallest absolute Gasteiger partial charge is 0.234 e. The van der Waals surface area contributed by atoms with Gasteiger partial charge in [0.15, 0.2) is 0 Å². The van der Waals surface area contributed by atoms with Crippen LogP contribution in [0.2, 0.25) is 10.0 Å². The lowest BCUT2D eigenvalue weighted by molar-refractivity contribution is -0.114. The molecular formula is C18H18Cl2N2O3S. The first-order valence-electron chi connectivity index (χ1n) is 7.84. The van der Waals surface area contributed by atoms with E-state index in [1.807, 2.05) is 19.1 Å². The molecule has 0 bridgehead atoms. The highest BCUT2D eigenvalue weighted by Crippen LogP contribution is 2.26. The van der Waals surface area contributed by atoms with Crippen LogP contribution in [0.15, 0.2) is 42.5 Å². The van der Waals surface area contributed by atoms with Gasteiger partial charge in [0.2, 0.25) is 11.8 Å². The Morgan fingerprint density at radius 1 is 1.00 bits per heavy atom. The average molecular weight is 413 g/mol. The predicted molar refractivity (Wildman–Crippen MR) is 109 cm³/mol. The maximum absolute atomic E-state index is 12.0. The summed E-state index contributed by atoms with van der Waals surface area (Å²) in [6.07, 6.45) is 0. The Morgan fingerprint density at radius 2 is 1.65 bits per heavy atom. The molecule has 0 atom stereocenters. The van der Waals surface area contributed by atoms with E-state index < -0.39 is 0 Å². The number of ether oxygens (including phenoxy) is 1. The van der Waals surface area contributed by atoms with Gasteiger partial charge in [-0.25, -0.2) is 0 Å². The molecule has 0 fully saturated rings. The minimum atomic E-state index is -0.248. The summed E-state index contributed by atoms with van der Waals surface area (Å²) >= 11 is 13.0. The van der Waals surface area contributed by atoms with E-state index >= 15 is 0 Å². The summed E-state index contributed by atoms with van der Waals surface area (Å²) in [5, 5.41) is 6.32. The van der Waals surface area contributed by atoms with E-state index in [1.54, 1.807) is 30.3 Å². The highest BCUT2D eigenvalue weighted by Gasteiger charge is 2.10. The van der Waals surface area contributed by atoms with Crippen molar-refractivity contribution in [1.82, 2.24) is 0 Å². The molecule has 0 unspecified atom stereocenters. The van der Waals surface area contributed by atoms with Gasteiger partial charge in [0.1, 0.15) is 5.75 Å². The van der Waals surface area contributed by atoms with E-state index in [1.165, 1.54) is 11.8 Å². The van der Waals surface area contributed by atoms with E-state index in [2.05, 4.69) is 10.6 Å². The highest BCUT2D eigenvalue weighted by molar-refractivity contribution is 8.00. The predicted octanol–water partition coefficient (Wildman–Crippen LogP) is 4.70. The molecule has 2 rings (SSSR count). The number of carbonyl (C=O) groups is 2. The highest BCUT2D eigenvalue weighted by atomic mass is 35.5. The quantitative estimate of drug-likeness (QED) is 0.658. The molecule has 0 aliphatic carbocycles. The molecule has 0 saturated heterocycles. The third-order valence-corrected chi connectivity index (χ3v) is 4.61. The summed E-state index contributed by atoms with van der Waals surface area (Å²) in [4.78, 5) is 24.0. The number of hydrogen-bond donors (Lipinski definition) is 2. The standard InChI is InChI=1S/C18H18Cl2N2O3S/c1-2-25-16-6-4-3-5-15(16)22-18(24)11-26-10-17(23)21-14-8-7-12(19)9-13(14)20/h3-9H,2,10-11H2,1H3,(H,21,23)(H,22,24). The van der Waals surface area contributed by atoms with Gasteiger partial charge in [-0.15, -0.1) is 11.8 Å². The number of para-hydroxylation sites is 2. The number of rotatable bonds is 8. The maximum atomic E-state index is 12.0. The second kappa shape index (κ2) is 10.3. The van der Waals surface area contributed by atoms with E-state index in [9.17, 15) is 9.59 Å². The molecule has 0 saturated carbocycles. The molecule has 0 aliphatic heterocycles. The van der Waals surface area contributed by atoms with E-state index in [0.717, 1.165) is 0 Å². The van der Waals surface area contributed by atoms with Gasteiger partial charge in [0.05, 0.1) is 34.5 Å². The SMILES string of the molecule is CCOc1ccccc1NC(=O)CSCC(=O)Nc1ccc(Cl)cc1Cl. The van der Waals surface area contributed by atoms with Gasteiger partial charge in [0.25, 0.3) is 0 Å². The Bertz CT molecular complexity index is 787. The molecule has 0 aromatic heterocycles. The fraction of sp³-hybridized carbons (Fsp3) is 0.222. The monoisotopic (exact) mass is 412 g/mol. The minimum Gasteiger partial charge on any atom is -0.492 e. The van der Waals surface area contributed by atoms with Crippen molar-refractivity contribution in [3.05, 3.63) is 52.5 Å². The lowest BCUT2D eigenvalue weighted by Gasteiger charge is -2.11. The molecule has 2 aromatic rings. The zero-order valence-corrected chi connectivity index (χ0v) is 16.4. The second-order valence-electron chi connectivity index (χ2n) is 5.14. The van der Waals surface area contributed by atoms with Gasteiger partial charge in [-0.1, -0.05) is 35.3 Å². The van der Waals surface area contributed by atoms with Crippen LogP contribution in [-0.2, 0) is 9.59 Å². The van der Waals surface area contributed by atoms with Crippen LogP contribution in [0.1, 0.15) is 6.92 Å². The van der Waals surface area contributed by atoms with Crippen molar-refractivity contribution in [2.24, 2.45) is 0 Å². The molecule has 8 heteroatoms. The van der Waals surface area contributed by atoms with Gasteiger partial charge < -0.3 is 15.4 Å². The first-order chi connectivity index (χ1) is 12.5. The summed E-state index contributed by atoms with van der Waals surface area (Å²) in [6, 6.07) is 12.0. The van der Waals surface area contributed by atoms with Crippen LogP contribution < -0.4 is 15.4 Å². The Labute approximate surface area is 166 Å². The maximum Gasteiger partial charge on any atom is 0.234 e. The van der Waals surface area contributed by atoms with Crippen molar-refractivity contribution in [3.63, 3.8) is 0 Å². The molecule has 2 amide bonds. The molecule has 0 spiro atoms. The molecule has 2 aromatic carbocycles. The van der Waals surface area contributed by atoms with Crippen LogP contribution in [0.25, 0.3) is 0 Å². The van der Waals surface area contributed by atoms with Crippen molar-refractivity contribution in [2.45, 2.75) is 6.92 Å². The molecular weight excluding hydrogens is 395 g/mol. The third kappa shape index (κ3) is 6.44. The number of halogens is 2. The van der Waals surface area contributed by atoms with Crippen molar-refractivity contribution in [2.75, 3.05) is 28.7 Å². The number of hydrogen-bond acceptors (Lipinski definition) is 4. The van der Waals surface area contributed by atoms with E-state index in [-0.39, 0.29) is 23.3 Å². The Hall–Kier alpha value is -1.89. The normalized spacial score (nSPS) is 10.3. The van der Waals surface area contributed by atoms with Crippen molar-refractivity contribution >= 4 is 58.2 Å². The first-order valence-corrected chi connectivity index (χ1v) is 9.75.